The second-order valence-electron chi connectivity index (χ2n) is 6.69. The summed E-state index contributed by atoms with van der Waals surface area (Å²) in [4.78, 5) is 16.3. The number of rotatable bonds is 4. The lowest BCUT2D eigenvalue weighted by Gasteiger charge is -2.29. The monoisotopic (exact) mass is 322 g/mol. The first kappa shape index (κ1) is 16.0. The van der Waals surface area contributed by atoms with Crippen LogP contribution in [0, 0.1) is 5.92 Å². The van der Waals surface area contributed by atoms with E-state index >= 15 is 0 Å². The Kier molecular flexibility index (Phi) is 5.16. The van der Waals surface area contributed by atoms with Crippen molar-refractivity contribution in [2.24, 2.45) is 5.92 Å². The number of thiophene rings is 1. The van der Waals surface area contributed by atoms with Gasteiger partial charge in [0, 0.05) is 35.9 Å². The van der Waals surface area contributed by atoms with Crippen molar-refractivity contribution in [1.29, 1.82) is 0 Å². The van der Waals surface area contributed by atoms with Crippen molar-refractivity contribution in [3.8, 4) is 0 Å². The van der Waals surface area contributed by atoms with E-state index in [1.54, 1.807) is 11.3 Å². The minimum absolute atomic E-state index is 0.104. The van der Waals surface area contributed by atoms with Crippen molar-refractivity contribution < 1.29 is 9.53 Å². The van der Waals surface area contributed by atoms with Crippen LogP contribution < -0.4 is 5.32 Å². The summed E-state index contributed by atoms with van der Waals surface area (Å²) in [6, 6.07) is 0.170. The third kappa shape index (κ3) is 3.70. The fourth-order valence-electron chi connectivity index (χ4n) is 3.39. The molecule has 122 valence electrons. The Labute approximate surface area is 136 Å². The Bertz CT molecular complexity index is 523. The van der Waals surface area contributed by atoms with Gasteiger partial charge in [0.1, 0.15) is 0 Å². The van der Waals surface area contributed by atoms with Gasteiger partial charge in [0.2, 0.25) is 0 Å². The van der Waals surface area contributed by atoms with Gasteiger partial charge < -0.3 is 10.1 Å². The molecule has 1 aromatic heterocycles. The molecule has 2 heterocycles. The summed E-state index contributed by atoms with van der Waals surface area (Å²) < 4.78 is 5.36. The van der Waals surface area contributed by atoms with E-state index in [-0.39, 0.29) is 11.9 Å². The lowest BCUT2D eigenvalue weighted by molar-refractivity contribution is 0.0342. The minimum Gasteiger partial charge on any atom is -0.379 e. The number of amides is 1. The zero-order valence-electron chi connectivity index (χ0n) is 13.6. The topological polar surface area (TPSA) is 41.6 Å². The molecule has 0 unspecified atom stereocenters. The summed E-state index contributed by atoms with van der Waals surface area (Å²) in [5.41, 5.74) is 2.22. The SMILES string of the molecule is C[C@H]1CCc2c(C(=O)N[C@@H](C)CN3CCOCC3)csc2C1. The molecule has 2 aliphatic rings. The molecule has 1 aliphatic carbocycles. The fraction of sp³-hybridized carbons (Fsp3) is 0.706. The molecule has 5 heteroatoms. The lowest BCUT2D eigenvalue weighted by Crippen LogP contribution is -2.46. The number of ether oxygens (including phenoxy) is 1. The molecule has 0 radical (unpaired) electrons. The van der Waals surface area contributed by atoms with Crippen molar-refractivity contribution in [2.75, 3.05) is 32.8 Å². The maximum atomic E-state index is 12.6. The summed E-state index contributed by atoms with van der Waals surface area (Å²) in [5.74, 6) is 0.857. The second-order valence-corrected chi connectivity index (χ2v) is 7.65. The van der Waals surface area contributed by atoms with Gasteiger partial charge in [-0.05, 0) is 37.7 Å². The molecule has 4 nitrogen and oxygen atoms in total. The third-order valence-corrected chi connectivity index (χ3v) is 5.71. The van der Waals surface area contributed by atoms with Crippen molar-refractivity contribution in [2.45, 2.75) is 39.2 Å². The van der Waals surface area contributed by atoms with Crippen LogP contribution in [0.1, 0.15) is 41.1 Å². The van der Waals surface area contributed by atoms with Crippen LogP contribution in [0.25, 0.3) is 0 Å². The highest BCUT2D eigenvalue weighted by Gasteiger charge is 2.24. The summed E-state index contributed by atoms with van der Waals surface area (Å²) in [6.45, 7) is 8.82. The van der Waals surface area contributed by atoms with Gasteiger partial charge in [-0.25, -0.2) is 0 Å². The van der Waals surface area contributed by atoms with Crippen LogP contribution >= 0.6 is 11.3 Å². The molecule has 0 aromatic carbocycles. The van der Waals surface area contributed by atoms with Crippen molar-refractivity contribution >= 4 is 17.2 Å². The standard InChI is InChI=1S/C17H26N2O2S/c1-12-3-4-14-15(11-22-16(14)9-12)17(20)18-13(2)10-19-5-7-21-8-6-19/h11-13H,3-10H2,1-2H3,(H,18,20)/t12-,13-/m0/s1. The van der Waals surface area contributed by atoms with E-state index in [0.717, 1.165) is 57.2 Å². The second kappa shape index (κ2) is 7.11. The van der Waals surface area contributed by atoms with Crippen LogP contribution in [-0.4, -0.2) is 49.7 Å². The maximum Gasteiger partial charge on any atom is 0.252 e. The van der Waals surface area contributed by atoms with E-state index in [0.29, 0.717) is 0 Å². The Morgan fingerprint density at radius 3 is 3.05 bits per heavy atom. The van der Waals surface area contributed by atoms with Crippen molar-refractivity contribution in [3.63, 3.8) is 0 Å². The summed E-state index contributed by atoms with van der Waals surface area (Å²) in [7, 11) is 0. The number of nitrogens with one attached hydrogen (secondary N) is 1. The molecule has 0 bridgehead atoms. The minimum atomic E-state index is 0.104. The Morgan fingerprint density at radius 1 is 1.50 bits per heavy atom. The molecular weight excluding hydrogens is 296 g/mol. The van der Waals surface area contributed by atoms with Gasteiger partial charge >= 0.3 is 0 Å². The molecule has 2 atom stereocenters. The average Bonchev–Trinajstić information content (AvgIpc) is 2.91. The highest BCUT2D eigenvalue weighted by Crippen LogP contribution is 2.32. The van der Waals surface area contributed by atoms with Crippen LogP contribution in [-0.2, 0) is 17.6 Å². The van der Waals surface area contributed by atoms with E-state index in [2.05, 4.69) is 29.4 Å². The quantitative estimate of drug-likeness (QED) is 0.925. The highest BCUT2D eigenvalue weighted by molar-refractivity contribution is 7.10. The van der Waals surface area contributed by atoms with E-state index in [4.69, 9.17) is 4.74 Å². The van der Waals surface area contributed by atoms with E-state index < -0.39 is 0 Å². The van der Waals surface area contributed by atoms with Crippen LogP contribution in [0.4, 0.5) is 0 Å². The Balaban J connectivity index is 1.57. The Morgan fingerprint density at radius 2 is 2.27 bits per heavy atom. The molecular formula is C17H26N2O2S. The highest BCUT2D eigenvalue weighted by atomic mass is 32.1. The molecule has 1 amide bonds. The number of nitrogens with zero attached hydrogens (tertiary/aromatic N) is 1. The largest absolute Gasteiger partial charge is 0.379 e. The number of carbonyl (C=O) groups is 1. The smallest absolute Gasteiger partial charge is 0.252 e. The number of morpholine rings is 1. The third-order valence-electron chi connectivity index (χ3n) is 4.66. The predicted molar refractivity (Wildman–Crippen MR) is 89.7 cm³/mol. The Hall–Kier alpha value is -0.910. The number of fused-ring (bicyclic) bond motifs is 1. The first-order chi connectivity index (χ1) is 10.6. The average molecular weight is 322 g/mol. The first-order valence-corrected chi connectivity index (χ1v) is 9.21. The molecule has 1 aliphatic heterocycles. The summed E-state index contributed by atoms with van der Waals surface area (Å²) in [5, 5.41) is 5.23. The van der Waals surface area contributed by atoms with Gasteiger partial charge in [0.25, 0.3) is 5.91 Å². The van der Waals surface area contributed by atoms with Crippen molar-refractivity contribution in [3.05, 3.63) is 21.4 Å². The zero-order valence-corrected chi connectivity index (χ0v) is 14.4. The fourth-order valence-corrected chi connectivity index (χ4v) is 4.63. The molecule has 1 aromatic rings. The van der Waals surface area contributed by atoms with Crippen LogP contribution in [0.15, 0.2) is 5.38 Å². The van der Waals surface area contributed by atoms with E-state index in [1.807, 2.05) is 0 Å². The molecule has 3 rings (SSSR count). The summed E-state index contributed by atoms with van der Waals surface area (Å²) >= 11 is 1.76. The van der Waals surface area contributed by atoms with Gasteiger partial charge in [-0.3, -0.25) is 9.69 Å². The molecule has 0 spiro atoms. The van der Waals surface area contributed by atoms with E-state index in [9.17, 15) is 4.79 Å². The normalized spacial score (nSPS) is 23.8. The van der Waals surface area contributed by atoms with Gasteiger partial charge in [0.15, 0.2) is 0 Å². The number of hydrogen-bond acceptors (Lipinski definition) is 4. The van der Waals surface area contributed by atoms with Gasteiger partial charge in [-0.2, -0.15) is 0 Å². The van der Waals surface area contributed by atoms with E-state index in [1.165, 1.54) is 16.9 Å². The molecule has 22 heavy (non-hydrogen) atoms. The van der Waals surface area contributed by atoms with Gasteiger partial charge in [-0.1, -0.05) is 6.92 Å². The van der Waals surface area contributed by atoms with Crippen LogP contribution in [0.2, 0.25) is 0 Å². The number of carbonyl (C=O) groups excluding carboxylic acids is 1. The summed E-state index contributed by atoms with van der Waals surface area (Å²) in [6.07, 6.45) is 3.39. The molecule has 1 saturated heterocycles. The van der Waals surface area contributed by atoms with Gasteiger partial charge in [-0.15, -0.1) is 11.3 Å². The van der Waals surface area contributed by atoms with Crippen LogP contribution in [0.3, 0.4) is 0 Å². The lowest BCUT2D eigenvalue weighted by atomic mass is 9.88. The molecule has 1 N–H and O–H groups in total. The first-order valence-electron chi connectivity index (χ1n) is 8.33. The zero-order chi connectivity index (χ0) is 15.5. The molecule has 0 saturated carbocycles. The van der Waals surface area contributed by atoms with Crippen molar-refractivity contribution in [1.82, 2.24) is 10.2 Å². The maximum absolute atomic E-state index is 12.6. The molecule has 1 fully saturated rings. The van der Waals surface area contributed by atoms with Crippen LogP contribution in [0.5, 0.6) is 0 Å². The number of hydrogen-bond donors (Lipinski definition) is 1. The predicted octanol–water partition coefficient (Wildman–Crippen LogP) is 2.32. The van der Waals surface area contributed by atoms with Gasteiger partial charge in [0.05, 0.1) is 18.8 Å².